The van der Waals surface area contributed by atoms with Crippen molar-refractivity contribution >= 4 is 11.1 Å². The van der Waals surface area contributed by atoms with Crippen LogP contribution in [0.5, 0.6) is 34.5 Å². The Morgan fingerprint density at radius 2 is 1.58 bits per heavy atom. The molecule has 1 aliphatic heterocycles. The third kappa shape index (κ3) is 3.91. The van der Waals surface area contributed by atoms with E-state index in [4.69, 9.17) is 14.2 Å². The van der Waals surface area contributed by atoms with Crippen LogP contribution in [0.25, 0.3) is 11.1 Å². The summed E-state index contributed by atoms with van der Waals surface area (Å²) in [4.78, 5) is 0. The molecular formula is C26H25FO6. The Morgan fingerprint density at radius 1 is 0.909 bits per heavy atom. The number of ether oxygens (including phenoxy) is 3. The maximum Gasteiger partial charge on any atom is 0.200 e. The molecule has 3 aromatic carbocycles. The quantitative estimate of drug-likeness (QED) is 0.473. The van der Waals surface area contributed by atoms with E-state index < -0.39 is 11.6 Å². The summed E-state index contributed by atoms with van der Waals surface area (Å²) in [5, 5.41) is 30.5. The maximum absolute atomic E-state index is 14.4. The van der Waals surface area contributed by atoms with Gasteiger partial charge in [-0.25, -0.2) is 4.39 Å². The van der Waals surface area contributed by atoms with Gasteiger partial charge in [0.05, 0.1) is 14.2 Å². The summed E-state index contributed by atoms with van der Waals surface area (Å²) < 4.78 is 31.1. The van der Waals surface area contributed by atoms with E-state index in [0.717, 1.165) is 6.42 Å². The van der Waals surface area contributed by atoms with Gasteiger partial charge in [0.15, 0.2) is 23.1 Å². The van der Waals surface area contributed by atoms with Crippen molar-refractivity contribution < 1.29 is 33.9 Å². The van der Waals surface area contributed by atoms with Gasteiger partial charge in [0.25, 0.3) is 0 Å². The Morgan fingerprint density at radius 3 is 2.18 bits per heavy atom. The van der Waals surface area contributed by atoms with E-state index in [1.807, 2.05) is 6.92 Å². The van der Waals surface area contributed by atoms with Crippen LogP contribution in [0.1, 0.15) is 35.6 Å². The summed E-state index contributed by atoms with van der Waals surface area (Å²) in [5.74, 6) is -0.203. The highest BCUT2D eigenvalue weighted by Crippen LogP contribution is 2.47. The second-order valence-electron chi connectivity index (χ2n) is 7.73. The minimum Gasteiger partial charge on any atom is -0.508 e. The number of hydrogen-bond donors (Lipinski definition) is 3. The van der Waals surface area contributed by atoms with E-state index in [9.17, 15) is 19.7 Å². The molecule has 0 bridgehead atoms. The summed E-state index contributed by atoms with van der Waals surface area (Å²) in [5.41, 5.74) is 3.95. The molecule has 4 rings (SSSR count). The average molecular weight is 452 g/mol. The fourth-order valence-electron chi connectivity index (χ4n) is 4.14. The van der Waals surface area contributed by atoms with Gasteiger partial charge in [-0.3, -0.25) is 0 Å². The van der Waals surface area contributed by atoms with E-state index >= 15 is 0 Å². The van der Waals surface area contributed by atoms with Gasteiger partial charge in [-0.15, -0.1) is 0 Å². The molecule has 0 amide bonds. The van der Waals surface area contributed by atoms with Crippen LogP contribution in [0.4, 0.5) is 4.39 Å². The van der Waals surface area contributed by atoms with Crippen molar-refractivity contribution in [3.63, 3.8) is 0 Å². The second-order valence-corrected chi connectivity index (χ2v) is 7.73. The number of halogens is 1. The normalized spacial score (nSPS) is 12.8. The molecule has 0 saturated carbocycles. The van der Waals surface area contributed by atoms with Crippen molar-refractivity contribution in [2.24, 2.45) is 0 Å². The first kappa shape index (κ1) is 22.3. The van der Waals surface area contributed by atoms with Crippen LogP contribution in [0.15, 0.2) is 42.5 Å². The van der Waals surface area contributed by atoms with E-state index in [0.29, 0.717) is 45.6 Å². The molecule has 0 saturated heterocycles. The van der Waals surface area contributed by atoms with Gasteiger partial charge < -0.3 is 29.5 Å². The van der Waals surface area contributed by atoms with E-state index in [1.165, 1.54) is 26.4 Å². The first-order chi connectivity index (χ1) is 15.9. The van der Waals surface area contributed by atoms with Crippen molar-refractivity contribution in [2.75, 3.05) is 20.8 Å². The van der Waals surface area contributed by atoms with Gasteiger partial charge in [-0.1, -0.05) is 19.4 Å². The lowest BCUT2D eigenvalue weighted by atomic mass is 9.86. The second kappa shape index (κ2) is 8.94. The number of fused-ring (bicyclic) bond motifs is 1. The molecule has 0 aromatic heterocycles. The molecule has 0 atom stereocenters. The molecule has 6 nitrogen and oxygen atoms in total. The SMILES string of the molecule is CCCc1c(O)ccc2c1OCC(c1cc(OC)c(O)c(OC)c1)=C2c1ccc(O)c(F)c1. The Hall–Kier alpha value is -3.87. The highest BCUT2D eigenvalue weighted by atomic mass is 19.1. The van der Waals surface area contributed by atoms with Crippen molar-refractivity contribution in [3.8, 4) is 34.5 Å². The van der Waals surface area contributed by atoms with Crippen LogP contribution in [0.3, 0.4) is 0 Å². The number of benzene rings is 3. The van der Waals surface area contributed by atoms with Crippen molar-refractivity contribution in [1.82, 2.24) is 0 Å². The molecule has 0 unspecified atom stereocenters. The van der Waals surface area contributed by atoms with Crippen molar-refractivity contribution in [1.29, 1.82) is 0 Å². The van der Waals surface area contributed by atoms with Gasteiger partial charge >= 0.3 is 0 Å². The summed E-state index contributed by atoms with van der Waals surface area (Å²) in [6, 6.07) is 10.8. The van der Waals surface area contributed by atoms with E-state index in [2.05, 4.69) is 0 Å². The van der Waals surface area contributed by atoms with Crippen LogP contribution in [-0.4, -0.2) is 36.1 Å². The summed E-state index contributed by atoms with van der Waals surface area (Å²) in [6.45, 7) is 2.14. The zero-order chi connectivity index (χ0) is 23.7. The predicted molar refractivity (Wildman–Crippen MR) is 123 cm³/mol. The number of methoxy groups -OCH3 is 2. The zero-order valence-electron chi connectivity index (χ0n) is 18.6. The number of phenolic OH excluding ortho intramolecular Hbond substituents is 3. The van der Waals surface area contributed by atoms with Gasteiger partial charge in [-0.05, 0) is 59.5 Å². The smallest absolute Gasteiger partial charge is 0.200 e. The van der Waals surface area contributed by atoms with Gasteiger partial charge in [0.2, 0.25) is 5.75 Å². The maximum atomic E-state index is 14.4. The van der Waals surface area contributed by atoms with Crippen LogP contribution in [0, 0.1) is 5.82 Å². The number of aromatic hydroxyl groups is 3. The lowest BCUT2D eigenvalue weighted by Gasteiger charge is -2.27. The number of hydrogen-bond acceptors (Lipinski definition) is 6. The number of phenols is 3. The van der Waals surface area contributed by atoms with Gasteiger partial charge in [0.1, 0.15) is 18.1 Å². The highest BCUT2D eigenvalue weighted by Gasteiger charge is 2.28. The lowest BCUT2D eigenvalue weighted by Crippen LogP contribution is -2.14. The lowest BCUT2D eigenvalue weighted by molar-refractivity contribution is 0.338. The summed E-state index contributed by atoms with van der Waals surface area (Å²) >= 11 is 0. The molecule has 3 N–H and O–H groups in total. The van der Waals surface area contributed by atoms with Crippen LogP contribution in [-0.2, 0) is 6.42 Å². The van der Waals surface area contributed by atoms with Gasteiger partial charge in [0, 0.05) is 16.7 Å². The zero-order valence-corrected chi connectivity index (χ0v) is 18.6. The van der Waals surface area contributed by atoms with Crippen molar-refractivity contribution in [2.45, 2.75) is 19.8 Å². The minimum atomic E-state index is -0.749. The Kier molecular flexibility index (Phi) is 6.05. The third-order valence-electron chi connectivity index (χ3n) is 5.73. The third-order valence-corrected chi connectivity index (χ3v) is 5.73. The van der Waals surface area contributed by atoms with Crippen LogP contribution in [0.2, 0.25) is 0 Å². The number of rotatable bonds is 6. The Labute approximate surface area is 191 Å². The molecule has 3 aromatic rings. The molecule has 172 valence electrons. The molecule has 1 aliphatic rings. The predicted octanol–water partition coefficient (Wildman–Crippen LogP) is 5.26. The Bertz CT molecular complexity index is 1220. The average Bonchev–Trinajstić information content (AvgIpc) is 2.82. The summed E-state index contributed by atoms with van der Waals surface area (Å²) in [7, 11) is 2.88. The topological polar surface area (TPSA) is 88.4 Å². The largest absolute Gasteiger partial charge is 0.508 e. The van der Waals surface area contributed by atoms with Crippen LogP contribution >= 0.6 is 0 Å². The molecule has 0 spiro atoms. The monoisotopic (exact) mass is 452 g/mol. The minimum absolute atomic E-state index is 0.127. The molecule has 1 heterocycles. The first-order valence-electron chi connectivity index (χ1n) is 10.5. The molecule has 7 heteroatoms. The fraction of sp³-hybridized carbons (Fsp3) is 0.231. The molecular weight excluding hydrogens is 427 g/mol. The van der Waals surface area contributed by atoms with E-state index in [-0.39, 0.29) is 29.6 Å². The van der Waals surface area contributed by atoms with Gasteiger partial charge in [-0.2, -0.15) is 0 Å². The van der Waals surface area contributed by atoms with Crippen LogP contribution < -0.4 is 14.2 Å². The molecule has 0 aliphatic carbocycles. The van der Waals surface area contributed by atoms with E-state index in [1.54, 1.807) is 30.3 Å². The highest BCUT2D eigenvalue weighted by molar-refractivity contribution is 6.02. The Balaban J connectivity index is 2.05. The molecule has 0 radical (unpaired) electrons. The summed E-state index contributed by atoms with van der Waals surface area (Å²) in [6.07, 6.45) is 1.42. The molecule has 33 heavy (non-hydrogen) atoms. The molecule has 0 fully saturated rings. The fourth-order valence-corrected chi connectivity index (χ4v) is 4.14. The standard InChI is InChI=1S/C26H25FO6/c1-4-5-16-20(28)9-7-17-24(14-6-8-21(29)19(27)10-14)18(13-33-26(16)17)15-11-22(31-2)25(30)23(12-15)32-3/h6-12,28-30H,4-5,13H2,1-3H3. The van der Waals surface area contributed by atoms with Crippen molar-refractivity contribution in [3.05, 3.63) is 70.5 Å². The first-order valence-corrected chi connectivity index (χ1v) is 10.5.